The minimum absolute atomic E-state index is 0.217. The van der Waals surface area contributed by atoms with Gasteiger partial charge in [-0.2, -0.15) is 0 Å². The summed E-state index contributed by atoms with van der Waals surface area (Å²) in [6.45, 7) is 2.50. The van der Waals surface area contributed by atoms with Crippen LogP contribution in [0.1, 0.15) is 18.4 Å². The van der Waals surface area contributed by atoms with E-state index in [1.807, 2.05) is 12.1 Å². The molecule has 1 aromatic rings. The number of nitrogens with zero attached hydrogens (tertiary/aromatic N) is 1. The molecule has 1 aromatic carbocycles. The number of β-amino-alcohol motifs (C(OH)–C–C–N with tert-alkyl or cyclic N) is 1. The molecule has 1 atom stereocenters. The molecule has 1 N–H and O–H groups in total. The van der Waals surface area contributed by atoms with Crippen molar-refractivity contribution in [2.75, 3.05) is 34.4 Å². The van der Waals surface area contributed by atoms with Gasteiger partial charge in [-0.05, 0) is 37.1 Å². The SMILES string of the molecule is COc1cc(CN2CCCC(O)C2)cc(OC)c1OC. The number of ether oxygens (including phenoxy) is 3. The second-order valence-electron chi connectivity index (χ2n) is 5.06. The zero-order valence-electron chi connectivity index (χ0n) is 12.4. The Morgan fingerprint density at radius 3 is 2.30 bits per heavy atom. The summed E-state index contributed by atoms with van der Waals surface area (Å²) >= 11 is 0. The molecule has 0 amide bonds. The van der Waals surface area contributed by atoms with Crippen molar-refractivity contribution in [3.63, 3.8) is 0 Å². The van der Waals surface area contributed by atoms with Crippen LogP contribution in [0.5, 0.6) is 17.2 Å². The maximum atomic E-state index is 9.73. The zero-order valence-corrected chi connectivity index (χ0v) is 12.4. The summed E-state index contributed by atoms with van der Waals surface area (Å²) in [6, 6.07) is 3.92. The van der Waals surface area contributed by atoms with Crippen molar-refractivity contribution in [2.45, 2.75) is 25.5 Å². The van der Waals surface area contributed by atoms with Crippen molar-refractivity contribution in [1.29, 1.82) is 0 Å². The fraction of sp³-hybridized carbons (Fsp3) is 0.600. The van der Waals surface area contributed by atoms with Crippen molar-refractivity contribution in [1.82, 2.24) is 4.90 Å². The summed E-state index contributed by atoms with van der Waals surface area (Å²) in [5.74, 6) is 1.94. The molecular formula is C15H23NO4. The van der Waals surface area contributed by atoms with Crippen LogP contribution in [0.3, 0.4) is 0 Å². The normalized spacial score (nSPS) is 19.7. The molecule has 0 radical (unpaired) electrons. The molecule has 1 unspecified atom stereocenters. The van der Waals surface area contributed by atoms with E-state index in [0.717, 1.165) is 38.0 Å². The Kier molecular flexibility index (Phi) is 5.09. The first-order valence-electron chi connectivity index (χ1n) is 6.87. The molecule has 1 aliphatic rings. The van der Waals surface area contributed by atoms with E-state index in [4.69, 9.17) is 14.2 Å². The second kappa shape index (κ2) is 6.81. The van der Waals surface area contributed by atoms with Crippen LogP contribution < -0.4 is 14.2 Å². The third-order valence-corrected chi connectivity index (χ3v) is 3.61. The smallest absolute Gasteiger partial charge is 0.203 e. The van der Waals surface area contributed by atoms with Crippen LogP contribution in [0.4, 0.5) is 0 Å². The van der Waals surface area contributed by atoms with E-state index < -0.39 is 0 Å². The zero-order chi connectivity index (χ0) is 14.5. The van der Waals surface area contributed by atoms with E-state index in [9.17, 15) is 5.11 Å². The topological polar surface area (TPSA) is 51.2 Å². The molecule has 20 heavy (non-hydrogen) atoms. The van der Waals surface area contributed by atoms with Crippen molar-refractivity contribution >= 4 is 0 Å². The van der Waals surface area contributed by atoms with Gasteiger partial charge in [0.1, 0.15) is 0 Å². The highest BCUT2D eigenvalue weighted by atomic mass is 16.5. The summed E-state index contributed by atoms with van der Waals surface area (Å²) in [5, 5.41) is 9.73. The van der Waals surface area contributed by atoms with E-state index in [1.165, 1.54) is 0 Å². The van der Waals surface area contributed by atoms with Gasteiger partial charge in [-0.15, -0.1) is 0 Å². The highest BCUT2D eigenvalue weighted by molar-refractivity contribution is 5.53. The number of benzene rings is 1. The first kappa shape index (κ1) is 14.9. The summed E-state index contributed by atoms with van der Waals surface area (Å²) in [4.78, 5) is 2.24. The number of hydrogen-bond donors (Lipinski definition) is 1. The first-order chi connectivity index (χ1) is 9.67. The number of aliphatic hydroxyl groups excluding tert-OH is 1. The maximum absolute atomic E-state index is 9.73. The molecule has 0 spiro atoms. The molecule has 1 saturated heterocycles. The molecular weight excluding hydrogens is 258 g/mol. The number of methoxy groups -OCH3 is 3. The standard InChI is InChI=1S/C15H23NO4/c1-18-13-7-11(8-14(19-2)15(13)20-3)9-16-6-4-5-12(17)10-16/h7-8,12,17H,4-6,9-10H2,1-3H3. The lowest BCUT2D eigenvalue weighted by Gasteiger charge is -2.30. The molecule has 0 aliphatic carbocycles. The third-order valence-electron chi connectivity index (χ3n) is 3.61. The molecule has 2 rings (SSSR count). The average molecular weight is 281 g/mol. The highest BCUT2D eigenvalue weighted by Gasteiger charge is 2.19. The van der Waals surface area contributed by atoms with Gasteiger partial charge in [0.2, 0.25) is 5.75 Å². The molecule has 1 heterocycles. The van der Waals surface area contributed by atoms with E-state index >= 15 is 0 Å². The Labute approximate surface area is 120 Å². The van der Waals surface area contributed by atoms with Gasteiger partial charge in [0, 0.05) is 13.1 Å². The van der Waals surface area contributed by atoms with Gasteiger partial charge < -0.3 is 19.3 Å². The van der Waals surface area contributed by atoms with Crippen molar-refractivity contribution in [3.05, 3.63) is 17.7 Å². The number of rotatable bonds is 5. The van der Waals surface area contributed by atoms with Gasteiger partial charge in [0.15, 0.2) is 11.5 Å². The molecule has 112 valence electrons. The molecule has 5 nitrogen and oxygen atoms in total. The van der Waals surface area contributed by atoms with Gasteiger partial charge >= 0.3 is 0 Å². The fourth-order valence-electron chi connectivity index (χ4n) is 2.66. The predicted molar refractivity (Wildman–Crippen MR) is 76.6 cm³/mol. The monoisotopic (exact) mass is 281 g/mol. The van der Waals surface area contributed by atoms with E-state index in [2.05, 4.69) is 4.90 Å². The molecule has 0 bridgehead atoms. The van der Waals surface area contributed by atoms with Crippen molar-refractivity contribution in [2.24, 2.45) is 0 Å². The average Bonchev–Trinajstić information content (AvgIpc) is 2.46. The van der Waals surface area contributed by atoms with Crippen molar-refractivity contribution in [3.8, 4) is 17.2 Å². The Morgan fingerprint density at radius 2 is 1.80 bits per heavy atom. The Hall–Kier alpha value is -1.46. The molecule has 5 heteroatoms. The Bertz CT molecular complexity index is 424. The van der Waals surface area contributed by atoms with Gasteiger partial charge in [-0.1, -0.05) is 0 Å². The summed E-state index contributed by atoms with van der Waals surface area (Å²) in [6.07, 6.45) is 1.71. The lowest BCUT2D eigenvalue weighted by atomic mass is 10.1. The number of aliphatic hydroxyl groups is 1. The lowest BCUT2D eigenvalue weighted by Crippen LogP contribution is -2.37. The Morgan fingerprint density at radius 1 is 1.15 bits per heavy atom. The van der Waals surface area contributed by atoms with Crippen LogP contribution in [-0.4, -0.2) is 50.5 Å². The van der Waals surface area contributed by atoms with Gasteiger partial charge in [-0.3, -0.25) is 4.90 Å². The van der Waals surface area contributed by atoms with E-state index in [0.29, 0.717) is 17.2 Å². The van der Waals surface area contributed by atoms with Crippen LogP contribution in [0.2, 0.25) is 0 Å². The second-order valence-corrected chi connectivity index (χ2v) is 5.06. The quantitative estimate of drug-likeness (QED) is 0.889. The van der Waals surface area contributed by atoms with Gasteiger partial charge in [-0.25, -0.2) is 0 Å². The summed E-state index contributed by atoms with van der Waals surface area (Å²) in [5.41, 5.74) is 1.09. The van der Waals surface area contributed by atoms with Crippen molar-refractivity contribution < 1.29 is 19.3 Å². The minimum atomic E-state index is -0.217. The van der Waals surface area contributed by atoms with Crippen LogP contribution in [0.15, 0.2) is 12.1 Å². The maximum Gasteiger partial charge on any atom is 0.203 e. The van der Waals surface area contributed by atoms with E-state index in [-0.39, 0.29) is 6.10 Å². The summed E-state index contributed by atoms with van der Waals surface area (Å²) in [7, 11) is 4.83. The van der Waals surface area contributed by atoms with Crippen LogP contribution in [0, 0.1) is 0 Å². The van der Waals surface area contributed by atoms with Gasteiger partial charge in [0.05, 0.1) is 27.4 Å². The van der Waals surface area contributed by atoms with Gasteiger partial charge in [0.25, 0.3) is 0 Å². The number of likely N-dealkylation sites (tertiary alicyclic amines) is 1. The Balaban J connectivity index is 2.19. The van der Waals surface area contributed by atoms with Crippen LogP contribution in [-0.2, 0) is 6.54 Å². The predicted octanol–water partition coefficient (Wildman–Crippen LogP) is 1.67. The molecule has 1 aliphatic heterocycles. The molecule has 1 fully saturated rings. The lowest BCUT2D eigenvalue weighted by molar-refractivity contribution is 0.0668. The third kappa shape index (κ3) is 3.35. The van der Waals surface area contributed by atoms with Crippen LogP contribution in [0.25, 0.3) is 0 Å². The first-order valence-corrected chi connectivity index (χ1v) is 6.87. The van der Waals surface area contributed by atoms with Crippen LogP contribution >= 0.6 is 0 Å². The molecule has 0 saturated carbocycles. The highest BCUT2D eigenvalue weighted by Crippen LogP contribution is 2.38. The molecule has 0 aromatic heterocycles. The minimum Gasteiger partial charge on any atom is -0.493 e. The number of piperidine rings is 1. The number of hydrogen-bond acceptors (Lipinski definition) is 5. The fourth-order valence-corrected chi connectivity index (χ4v) is 2.66. The largest absolute Gasteiger partial charge is 0.493 e. The summed E-state index contributed by atoms with van der Waals surface area (Å²) < 4.78 is 16.0. The van der Waals surface area contributed by atoms with E-state index in [1.54, 1.807) is 21.3 Å².